The van der Waals surface area contributed by atoms with E-state index in [2.05, 4.69) is 5.32 Å². The number of carbonyl (C=O) groups excluding carboxylic acids is 2. The van der Waals surface area contributed by atoms with Crippen LogP contribution in [0.2, 0.25) is 5.02 Å². The zero-order chi connectivity index (χ0) is 28.7. The van der Waals surface area contributed by atoms with Crippen LogP contribution in [0.25, 0.3) is 0 Å². The average Bonchev–Trinajstić information content (AvgIpc) is 3.47. The first-order chi connectivity index (χ1) is 19.1. The Hall–Kier alpha value is -3.80. The van der Waals surface area contributed by atoms with Crippen LogP contribution in [0.5, 0.6) is 5.75 Å². The van der Waals surface area contributed by atoms with E-state index in [0.717, 1.165) is 17.0 Å². The number of hydrogen-bond acceptors (Lipinski definition) is 6. The highest BCUT2D eigenvalue weighted by atomic mass is 35.5. The number of aryl methyl sites for hydroxylation is 1. The van der Waals surface area contributed by atoms with Gasteiger partial charge in [-0.05, 0) is 42.8 Å². The lowest BCUT2D eigenvalue weighted by molar-refractivity contribution is -0.118. The first-order valence-corrected chi connectivity index (χ1v) is 12.9. The van der Waals surface area contributed by atoms with Gasteiger partial charge in [-0.15, -0.1) is 0 Å². The predicted octanol–water partition coefficient (Wildman–Crippen LogP) is 2.96. The van der Waals surface area contributed by atoms with E-state index in [9.17, 15) is 19.5 Å². The van der Waals surface area contributed by atoms with Crippen molar-refractivity contribution in [2.45, 2.75) is 31.0 Å². The molecule has 2 fully saturated rings. The van der Waals surface area contributed by atoms with Crippen molar-refractivity contribution in [3.63, 3.8) is 0 Å². The van der Waals surface area contributed by atoms with Crippen LogP contribution in [0.1, 0.15) is 33.4 Å². The van der Waals surface area contributed by atoms with Crippen molar-refractivity contribution in [2.24, 2.45) is 0 Å². The number of aliphatic hydroxyl groups excluding tert-OH is 1. The molecule has 5 rings (SSSR count). The van der Waals surface area contributed by atoms with Crippen LogP contribution in [0, 0.1) is 18.6 Å². The quantitative estimate of drug-likeness (QED) is 0.469. The number of nitrogens with zero attached hydrogens (tertiary/aromatic N) is 2. The highest BCUT2D eigenvalue weighted by Gasteiger charge is 2.46. The number of anilines is 1. The zero-order valence-electron chi connectivity index (χ0n) is 21.6. The van der Waals surface area contributed by atoms with E-state index < -0.39 is 58.7 Å². The minimum absolute atomic E-state index is 0.0193. The molecule has 2 aliphatic rings. The smallest absolute Gasteiger partial charge is 0.275 e. The first kappa shape index (κ1) is 27.8. The van der Waals surface area contributed by atoms with Gasteiger partial charge in [0.1, 0.15) is 35.2 Å². The fraction of sp³-hybridized carbons (Fsp3) is 0.321. The number of benzene rings is 2. The van der Waals surface area contributed by atoms with Gasteiger partial charge in [-0.25, -0.2) is 8.78 Å². The van der Waals surface area contributed by atoms with Gasteiger partial charge in [-0.3, -0.25) is 14.4 Å². The second kappa shape index (κ2) is 11.0. The monoisotopic (exact) mass is 573 g/mol. The van der Waals surface area contributed by atoms with Gasteiger partial charge in [0.05, 0.1) is 26.4 Å². The molecule has 0 aliphatic carbocycles. The van der Waals surface area contributed by atoms with Crippen molar-refractivity contribution < 1.29 is 33.0 Å². The molecule has 2 N–H and O–H groups in total. The molecule has 1 aromatic heterocycles. The number of hydrogen-bond donors (Lipinski definition) is 2. The Balaban J connectivity index is 1.58. The normalized spacial score (nSPS) is 22.6. The summed E-state index contributed by atoms with van der Waals surface area (Å²) in [4.78, 5) is 41.7. The molecule has 0 spiro atoms. The molecule has 40 heavy (non-hydrogen) atoms. The molecule has 12 heteroatoms. The summed E-state index contributed by atoms with van der Waals surface area (Å²) in [6.45, 7) is 1.48. The highest BCUT2D eigenvalue weighted by molar-refractivity contribution is 6.30. The van der Waals surface area contributed by atoms with E-state index in [1.165, 1.54) is 42.1 Å². The Kier molecular flexibility index (Phi) is 7.63. The maximum absolute atomic E-state index is 15.3. The van der Waals surface area contributed by atoms with Crippen molar-refractivity contribution in [1.82, 2.24) is 9.88 Å². The first-order valence-electron chi connectivity index (χ1n) is 12.5. The van der Waals surface area contributed by atoms with Gasteiger partial charge in [0.2, 0.25) is 5.91 Å². The third-order valence-electron chi connectivity index (χ3n) is 7.31. The summed E-state index contributed by atoms with van der Waals surface area (Å²) in [7, 11) is 1.26. The number of pyridine rings is 1. The number of amides is 2. The van der Waals surface area contributed by atoms with Gasteiger partial charge in [0.25, 0.3) is 11.5 Å². The number of nitrogens with one attached hydrogen (secondary N) is 1. The summed E-state index contributed by atoms with van der Waals surface area (Å²) in [6.07, 6.45) is 0.578. The third-order valence-corrected chi connectivity index (χ3v) is 7.56. The largest absolute Gasteiger partial charge is 0.497 e. The van der Waals surface area contributed by atoms with Crippen molar-refractivity contribution in [3.05, 3.63) is 92.4 Å². The molecule has 0 unspecified atom stereocenters. The number of methoxy groups -OCH3 is 1. The molecular formula is C28H26ClF2N3O6. The van der Waals surface area contributed by atoms with Crippen LogP contribution >= 0.6 is 11.6 Å². The van der Waals surface area contributed by atoms with Crippen molar-refractivity contribution in [3.8, 4) is 5.75 Å². The molecule has 2 saturated heterocycles. The summed E-state index contributed by atoms with van der Waals surface area (Å²) in [5.74, 6) is -4.55. The van der Waals surface area contributed by atoms with E-state index in [0.29, 0.717) is 10.6 Å². The van der Waals surface area contributed by atoms with Crippen molar-refractivity contribution >= 4 is 29.1 Å². The Morgan fingerprint density at radius 1 is 1.12 bits per heavy atom. The molecule has 0 saturated carbocycles. The topological polar surface area (TPSA) is 110 Å². The van der Waals surface area contributed by atoms with E-state index in [1.54, 1.807) is 13.0 Å². The van der Waals surface area contributed by atoms with Crippen LogP contribution in [-0.4, -0.2) is 60.5 Å². The van der Waals surface area contributed by atoms with E-state index in [4.69, 9.17) is 21.1 Å². The van der Waals surface area contributed by atoms with Crippen LogP contribution in [0.4, 0.5) is 14.5 Å². The number of halogens is 3. The summed E-state index contributed by atoms with van der Waals surface area (Å²) in [6, 6.07) is 7.41. The Morgan fingerprint density at radius 2 is 1.80 bits per heavy atom. The Bertz CT molecular complexity index is 1510. The maximum atomic E-state index is 15.3. The average molecular weight is 574 g/mol. The SMILES string of the molecule is COc1cc(F)c([C@@H]2CN(c3c(C)ccn([C@H]4COC[C@@H]4O)c3=O)C(=O)[C@H]2NC(=O)c2ccc(Cl)cc2)c(F)c1. The molecule has 2 amide bonds. The van der Waals surface area contributed by atoms with Gasteiger partial charge < -0.3 is 29.4 Å². The predicted molar refractivity (Wildman–Crippen MR) is 142 cm³/mol. The number of carbonyl (C=O) groups is 2. The molecule has 4 atom stereocenters. The minimum Gasteiger partial charge on any atom is -0.497 e. The van der Waals surface area contributed by atoms with Gasteiger partial charge >= 0.3 is 0 Å². The second-order valence-corrected chi connectivity index (χ2v) is 10.2. The highest BCUT2D eigenvalue weighted by Crippen LogP contribution is 2.37. The van der Waals surface area contributed by atoms with E-state index in [-0.39, 0.29) is 36.8 Å². The van der Waals surface area contributed by atoms with E-state index in [1.807, 2.05) is 0 Å². The maximum Gasteiger partial charge on any atom is 0.275 e. The van der Waals surface area contributed by atoms with Gasteiger partial charge in [0, 0.05) is 46.9 Å². The molecule has 3 aromatic rings. The number of aromatic nitrogens is 1. The van der Waals surface area contributed by atoms with Crippen LogP contribution in [0.3, 0.4) is 0 Å². The molecule has 210 valence electrons. The lowest BCUT2D eigenvalue weighted by atomic mass is 9.92. The molecule has 2 aliphatic heterocycles. The standard InChI is InChI=1S/C28H26ClF2N3O6/c1-14-7-8-33(21-12-40-13-22(21)35)28(38)25(14)34-11-18(23-19(30)9-17(39-2)10-20(23)31)24(27(34)37)32-26(36)15-3-5-16(29)6-4-15/h3-10,18,21-22,24,35H,11-13H2,1-2H3,(H,32,36)/t18-,21-,22-,24-/m0/s1. The molecular weight excluding hydrogens is 548 g/mol. The molecule has 3 heterocycles. The van der Waals surface area contributed by atoms with Gasteiger partial charge in [0.15, 0.2) is 0 Å². The Morgan fingerprint density at radius 3 is 2.40 bits per heavy atom. The summed E-state index contributed by atoms with van der Waals surface area (Å²) in [5, 5.41) is 13.3. The summed E-state index contributed by atoms with van der Waals surface area (Å²) in [5.41, 5.74) is -0.414. The van der Waals surface area contributed by atoms with E-state index >= 15 is 8.78 Å². The minimum atomic E-state index is -1.41. The molecule has 2 aromatic carbocycles. The lowest BCUT2D eigenvalue weighted by Crippen LogP contribution is -2.45. The summed E-state index contributed by atoms with van der Waals surface area (Å²) < 4.78 is 42.1. The second-order valence-electron chi connectivity index (χ2n) is 9.75. The third kappa shape index (κ3) is 4.96. The van der Waals surface area contributed by atoms with Crippen molar-refractivity contribution in [2.75, 3.05) is 31.8 Å². The van der Waals surface area contributed by atoms with Crippen LogP contribution < -0.4 is 20.5 Å². The fourth-order valence-corrected chi connectivity index (χ4v) is 5.36. The van der Waals surface area contributed by atoms with Gasteiger partial charge in [-0.1, -0.05) is 11.6 Å². The van der Waals surface area contributed by atoms with Crippen molar-refractivity contribution in [1.29, 1.82) is 0 Å². The van der Waals surface area contributed by atoms with Crippen LogP contribution in [-0.2, 0) is 9.53 Å². The molecule has 9 nitrogen and oxygen atoms in total. The summed E-state index contributed by atoms with van der Waals surface area (Å²) >= 11 is 5.92. The number of rotatable bonds is 6. The Labute approximate surface area is 232 Å². The van der Waals surface area contributed by atoms with Gasteiger partial charge in [-0.2, -0.15) is 0 Å². The van der Waals surface area contributed by atoms with Crippen LogP contribution in [0.15, 0.2) is 53.5 Å². The molecule has 0 bridgehead atoms. The lowest BCUT2D eigenvalue weighted by Gasteiger charge is -2.22. The number of aliphatic hydroxyl groups is 1. The fourth-order valence-electron chi connectivity index (χ4n) is 5.23. The number of ether oxygens (including phenoxy) is 2. The molecule has 0 radical (unpaired) electrons. The zero-order valence-corrected chi connectivity index (χ0v) is 22.3.